The summed E-state index contributed by atoms with van der Waals surface area (Å²) in [5, 5.41) is 0. The zero-order chi connectivity index (χ0) is 11.5. The van der Waals surface area contributed by atoms with Crippen molar-refractivity contribution in [3.63, 3.8) is 0 Å². The van der Waals surface area contributed by atoms with Crippen LogP contribution in [-0.4, -0.2) is 18.4 Å². The van der Waals surface area contributed by atoms with E-state index in [9.17, 15) is 4.79 Å². The van der Waals surface area contributed by atoms with Crippen LogP contribution in [0.25, 0.3) is 11.3 Å². The van der Waals surface area contributed by atoms with Gasteiger partial charge in [-0.2, -0.15) is 0 Å². The van der Waals surface area contributed by atoms with Crippen molar-refractivity contribution >= 4 is 6.29 Å². The molecule has 0 unspecified atom stereocenters. The topological polar surface area (TPSA) is 52.3 Å². The molecule has 0 saturated heterocycles. The molecule has 1 aromatic carbocycles. The number of hydrogen-bond donors (Lipinski definition) is 0. The summed E-state index contributed by atoms with van der Waals surface area (Å²) in [4.78, 5) is 14.6. The molecule has 0 radical (unpaired) electrons. The Morgan fingerprint density at radius 3 is 2.88 bits per heavy atom. The summed E-state index contributed by atoms with van der Waals surface area (Å²) in [6.45, 7) is 1.77. The maximum atomic E-state index is 10.5. The number of carbonyl (C=O) groups excluding carboxylic acids is 1. The molecule has 1 heterocycles. The molecule has 0 spiro atoms. The Bertz CT molecular complexity index is 517. The minimum atomic E-state index is 0.0929. The Morgan fingerprint density at radius 2 is 2.25 bits per heavy atom. The van der Waals surface area contributed by atoms with Crippen LogP contribution in [0.1, 0.15) is 16.4 Å². The Morgan fingerprint density at radius 1 is 1.44 bits per heavy atom. The van der Waals surface area contributed by atoms with Gasteiger partial charge in [-0.25, -0.2) is 4.98 Å². The van der Waals surface area contributed by atoms with Crippen molar-refractivity contribution in [2.24, 2.45) is 0 Å². The summed E-state index contributed by atoms with van der Waals surface area (Å²) in [6.07, 6.45) is 0.594. The standard InChI is InChI=1S/C12H11NO3/c1-8-12(13-11(7-14)16-8)9-4-3-5-10(6-9)15-2/h3-7H,1-2H3. The monoisotopic (exact) mass is 217 g/mol. The Labute approximate surface area is 92.9 Å². The fourth-order valence-corrected chi connectivity index (χ4v) is 1.51. The number of aldehydes is 1. The van der Waals surface area contributed by atoms with E-state index in [2.05, 4.69) is 4.98 Å². The van der Waals surface area contributed by atoms with Crippen molar-refractivity contribution < 1.29 is 13.9 Å². The van der Waals surface area contributed by atoms with Gasteiger partial charge in [0.2, 0.25) is 6.29 Å². The van der Waals surface area contributed by atoms with Crippen LogP contribution in [0.4, 0.5) is 0 Å². The molecule has 0 bridgehead atoms. The fraction of sp³-hybridized carbons (Fsp3) is 0.167. The quantitative estimate of drug-likeness (QED) is 0.741. The summed E-state index contributed by atoms with van der Waals surface area (Å²) >= 11 is 0. The molecule has 0 fully saturated rings. The third-order valence-electron chi connectivity index (χ3n) is 2.26. The Hall–Kier alpha value is -2.10. The molecule has 1 aromatic heterocycles. The Kier molecular flexibility index (Phi) is 2.72. The van der Waals surface area contributed by atoms with Crippen LogP contribution in [-0.2, 0) is 0 Å². The third-order valence-corrected chi connectivity index (χ3v) is 2.26. The number of rotatable bonds is 3. The molecule has 4 heteroatoms. The zero-order valence-corrected chi connectivity index (χ0v) is 9.06. The van der Waals surface area contributed by atoms with Crippen molar-refractivity contribution in [3.05, 3.63) is 35.9 Å². The number of oxazole rings is 1. The molecule has 0 aliphatic heterocycles. The van der Waals surface area contributed by atoms with Gasteiger partial charge < -0.3 is 9.15 Å². The lowest BCUT2D eigenvalue weighted by Gasteiger charge is -2.01. The maximum Gasteiger partial charge on any atom is 0.260 e. The number of aryl methyl sites for hydroxylation is 1. The average Bonchev–Trinajstić information content (AvgIpc) is 2.71. The molecular weight excluding hydrogens is 206 g/mol. The van der Waals surface area contributed by atoms with Crippen LogP contribution in [0.2, 0.25) is 0 Å². The number of hydrogen-bond acceptors (Lipinski definition) is 4. The van der Waals surface area contributed by atoms with Gasteiger partial charge in [0.25, 0.3) is 5.89 Å². The summed E-state index contributed by atoms with van der Waals surface area (Å²) in [6, 6.07) is 7.45. The summed E-state index contributed by atoms with van der Waals surface area (Å²) in [5.41, 5.74) is 1.54. The molecule has 0 saturated carbocycles. The smallest absolute Gasteiger partial charge is 0.260 e. The number of carbonyl (C=O) groups is 1. The highest BCUT2D eigenvalue weighted by Crippen LogP contribution is 2.26. The molecule has 2 rings (SSSR count). The van der Waals surface area contributed by atoms with Crippen LogP contribution in [0.3, 0.4) is 0 Å². The van der Waals surface area contributed by atoms with Gasteiger partial charge in [-0.3, -0.25) is 4.79 Å². The number of benzene rings is 1. The van der Waals surface area contributed by atoms with Crippen molar-refractivity contribution in [1.82, 2.24) is 4.98 Å². The van der Waals surface area contributed by atoms with E-state index >= 15 is 0 Å². The highest BCUT2D eigenvalue weighted by molar-refractivity contribution is 5.71. The second kappa shape index (κ2) is 4.18. The Balaban J connectivity index is 2.48. The fourth-order valence-electron chi connectivity index (χ4n) is 1.51. The van der Waals surface area contributed by atoms with Crippen LogP contribution < -0.4 is 4.74 Å². The van der Waals surface area contributed by atoms with Gasteiger partial charge in [0, 0.05) is 5.56 Å². The molecule has 0 N–H and O–H groups in total. The zero-order valence-electron chi connectivity index (χ0n) is 9.06. The van der Waals surface area contributed by atoms with Crippen LogP contribution >= 0.6 is 0 Å². The van der Waals surface area contributed by atoms with Crippen molar-refractivity contribution in [2.45, 2.75) is 6.92 Å². The van der Waals surface area contributed by atoms with E-state index in [-0.39, 0.29) is 5.89 Å². The van der Waals surface area contributed by atoms with E-state index in [4.69, 9.17) is 9.15 Å². The number of methoxy groups -OCH3 is 1. The lowest BCUT2D eigenvalue weighted by atomic mass is 10.1. The SMILES string of the molecule is COc1cccc(-c2nc(C=O)oc2C)c1. The van der Waals surface area contributed by atoms with Gasteiger partial charge in [0.05, 0.1) is 7.11 Å². The molecule has 0 aliphatic rings. The summed E-state index contributed by atoms with van der Waals surface area (Å²) < 4.78 is 10.3. The molecule has 0 atom stereocenters. The molecule has 0 aliphatic carbocycles. The number of ether oxygens (including phenoxy) is 1. The van der Waals surface area contributed by atoms with Gasteiger partial charge in [-0.05, 0) is 19.1 Å². The first kappa shape index (κ1) is 10.4. The summed E-state index contributed by atoms with van der Waals surface area (Å²) in [5.74, 6) is 1.46. The van der Waals surface area contributed by atoms with Crippen LogP contribution in [0, 0.1) is 6.92 Å². The largest absolute Gasteiger partial charge is 0.497 e. The highest BCUT2D eigenvalue weighted by Gasteiger charge is 2.11. The third kappa shape index (κ3) is 1.82. The molecule has 82 valence electrons. The second-order valence-electron chi connectivity index (χ2n) is 3.31. The van der Waals surface area contributed by atoms with Gasteiger partial charge in [-0.1, -0.05) is 12.1 Å². The average molecular weight is 217 g/mol. The van der Waals surface area contributed by atoms with Crippen molar-refractivity contribution in [1.29, 1.82) is 0 Å². The number of nitrogens with zero attached hydrogens (tertiary/aromatic N) is 1. The first-order valence-corrected chi connectivity index (χ1v) is 4.81. The summed E-state index contributed by atoms with van der Waals surface area (Å²) in [7, 11) is 1.60. The molecule has 0 amide bonds. The minimum absolute atomic E-state index is 0.0929. The minimum Gasteiger partial charge on any atom is -0.497 e. The predicted molar refractivity (Wildman–Crippen MR) is 58.6 cm³/mol. The molecule has 2 aromatic rings. The first-order chi connectivity index (χ1) is 7.74. The second-order valence-corrected chi connectivity index (χ2v) is 3.31. The lowest BCUT2D eigenvalue weighted by Crippen LogP contribution is -1.85. The van der Waals surface area contributed by atoms with Crippen molar-refractivity contribution in [2.75, 3.05) is 7.11 Å². The van der Waals surface area contributed by atoms with Crippen molar-refractivity contribution in [3.8, 4) is 17.0 Å². The molecule has 4 nitrogen and oxygen atoms in total. The van der Waals surface area contributed by atoms with E-state index < -0.39 is 0 Å². The first-order valence-electron chi connectivity index (χ1n) is 4.81. The van der Waals surface area contributed by atoms with Crippen LogP contribution in [0.15, 0.2) is 28.7 Å². The normalized spacial score (nSPS) is 10.1. The van der Waals surface area contributed by atoms with E-state index in [1.807, 2.05) is 24.3 Å². The van der Waals surface area contributed by atoms with Gasteiger partial charge in [0.15, 0.2) is 0 Å². The highest BCUT2D eigenvalue weighted by atomic mass is 16.5. The maximum absolute atomic E-state index is 10.5. The van der Waals surface area contributed by atoms with Crippen LogP contribution in [0.5, 0.6) is 5.75 Å². The molecular formula is C12H11NO3. The van der Waals surface area contributed by atoms with E-state index in [1.165, 1.54) is 0 Å². The van der Waals surface area contributed by atoms with Gasteiger partial charge >= 0.3 is 0 Å². The van der Waals surface area contributed by atoms with E-state index in [0.717, 1.165) is 11.3 Å². The van der Waals surface area contributed by atoms with E-state index in [0.29, 0.717) is 17.7 Å². The van der Waals surface area contributed by atoms with Gasteiger partial charge in [0.1, 0.15) is 17.2 Å². The van der Waals surface area contributed by atoms with Gasteiger partial charge in [-0.15, -0.1) is 0 Å². The predicted octanol–water partition coefficient (Wildman–Crippen LogP) is 2.47. The number of aromatic nitrogens is 1. The van der Waals surface area contributed by atoms with E-state index in [1.54, 1.807) is 14.0 Å². The lowest BCUT2D eigenvalue weighted by molar-refractivity contribution is 0.109. The molecule has 16 heavy (non-hydrogen) atoms.